The van der Waals surface area contributed by atoms with Crippen molar-refractivity contribution >= 4 is 29.1 Å². The second-order valence-corrected chi connectivity index (χ2v) is 7.65. The molecular weight excluding hydrogens is 454 g/mol. The summed E-state index contributed by atoms with van der Waals surface area (Å²) in [5.74, 6) is -0.228. The maximum Gasteiger partial charge on any atom is 0.392 e. The number of halogens is 5. The van der Waals surface area contributed by atoms with Crippen molar-refractivity contribution in [2.24, 2.45) is 5.73 Å². The van der Waals surface area contributed by atoms with Gasteiger partial charge in [-0.1, -0.05) is 23.2 Å². The lowest BCUT2D eigenvalue weighted by atomic mass is 10.0. The Morgan fingerprint density at radius 2 is 1.84 bits per heavy atom. The van der Waals surface area contributed by atoms with Crippen LogP contribution in [0, 0.1) is 6.92 Å². The van der Waals surface area contributed by atoms with Crippen molar-refractivity contribution < 1.29 is 22.7 Å². The van der Waals surface area contributed by atoms with Crippen molar-refractivity contribution in [1.29, 1.82) is 0 Å². The van der Waals surface area contributed by atoms with E-state index in [0.717, 1.165) is 5.56 Å². The summed E-state index contributed by atoms with van der Waals surface area (Å²) >= 11 is 12.4. The molecule has 2 aromatic carbocycles. The van der Waals surface area contributed by atoms with Crippen LogP contribution in [0.2, 0.25) is 10.0 Å². The average Bonchev–Trinajstić information content (AvgIpc) is 2.97. The number of primary amides is 1. The van der Waals surface area contributed by atoms with Crippen molar-refractivity contribution in [3.05, 3.63) is 63.8 Å². The fourth-order valence-electron chi connectivity index (χ4n) is 3.03. The summed E-state index contributed by atoms with van der Waals surface area (Å²) in [5, 5.41) is 5.33. The van der Waals surface area contributed by atoms with E-state index in [-0.39, 0.29) is 6.42 Å². The number of nitrogens with two attached hydrogens (primary N) is 1. The smallest absolute Gasteiger partial charge is 0.392 e. The molecule has 1 heterocycles. The van der Waals surface area contributed by atoms with Gasteiger partial charge in [-0.2, -0.15) is 18.3 Å². The zero-order chi connectivity index (χ0) is 22.8. The van der Waals surface area contributed by atoms with E-state index in [4.69, 9.17) is 33.7 Å². The monoisotopic (exact) mass is 471 g/mol. The lowest BCUT2D eigenvalue weighted by Crippen LogP contribution is -2.14. The van der Waals surface area contributed by atoms with E-state index in [9.17, 15) is 18.0 Å². The van der Waals surface area contributed by atoms with Crippen molar-refractivity contribution in [3.63, 3.8) is 0 Å². The highest BCUT2D eigenvalue weighted by molar-refractivity contribution is 6.35. The van der Waals surface area contributed by atoms with Gasteiger partial charge in [0.15, 0.2) is 0 Å². The molecule has 0 aliphatic heterocycles. The Morgan fingerprint density at radius 3 is 2.42 bits per heavy atom. The summed E-state index contributed by atoms with van der Waals surface area (Å²) in [7, 11) is 0. The zero-order valence-corrected chi connectivity index (χ0v) is 17.9. The molecule has 10 heteroatoms. The zero-order valence-electron chi connectivity index (χ0n) is 16.3. The van der Waals surface area contributed by atoms with Gasteiger partial charge >= 0.3 is 6.18 Å². The molecule has 5 nitrogen and oxygen atoms in total. The molecule has 0 unspecified atom stereocenters. The second-order valence-electron chi connectivity index (χ2n) is 6.81. The van der Waals surface area contributed by atoms with Crippen LogP contribution in [0.3, 0.4) is 0 Å². The Balaban J connectivity index is 1.99. The van der Waals surface area contributed by atoms with Crippen LogP contribution in [0.25, 0.3) is 16.9 Å². The molecule has 3 aromatic rings. The first-order chi connectivity index (χ1) is 14.5. The Morgan fingerprint density at radius 1 is 1.16 bits per heavy atom. The third kappa shape index (κ3) is 5.71. The quantitative estimate of drug-likeness (QED) is 0.493. The molecule has 0 saturated carbocycles. The Kier molecular flexibility index (Phi) is 6.81. The SMILES string of the molecule is Cc1c(CC(N)=O)nn(-c2ccc(Cl)cc2Cl)c1-c1ccc(OCCC(F)(F)F)cc1. The first kappa shape index (κ1) is 23.0. The van der Waals surface area contributed by atoms with Crippen molar-refractivity contribution in [3.8, 4) is 22.7 Å². The van der Waals surface area contributed by atoms with Crippen LogP contribution in [0.5, 0.6) is 5.75 Å². The minimum absolute atomic E-state index is 0.0598. The molecule has 0 fully saturated rings. The Bertz CT molecular complexity index is 1100. The van der Waals surface area contributed by atoms with E-state index in [1.807, 2.05) is 0 Å². The fraction of sp³-hybridized carbons (Fsp3) is 0.238. The van der Waals surface area contributed by atoms with E-state index in [1.54, 1.807) is 54.1 Å². The van der Waals surface area contributed by atoms with Gasteiger partial charge in [0.05, 0.1) is 41.5 Å². The molecule has 31 heavy (non-hydrogen) atoms. The molecule has 0 aliphatic carbocycles. The first-order valence-electron chi connectivity index (χ1n) is 9.17. The number of carbonyl (C=O) groups excluding carboxylic acids is 1. The van der Waals surface area contributed by atoms with Crippen molar-refractivity contribution in [2.45, 2.75) is 25.9 Å². The third-order valence-corrected chi connectivity index (χ3v) is 5.02. The third-order valence-electron chi connectivity index (χ3n) is 4.48. The van der Waals surface area contributed by atoms with Crippen molar-refractivity contribution in [2.75, 3.05) is 6.61 Å². The van der Waals surface area contributed by atoms with Gasteiger partial charge in [0.1, 0.15) is 5.75 Å². The van der Waals surface area contributed by atoms with E-state index < -0.39 is 25.1 Å². The summed E-state index contributed by atoms with van der Waals surface area (Å²) in [4.78, 5) is 11.5. The number of amides is 1. The maximum atomic E-state index is 12.3. The molecule has 164 valence electrons. The van der Waals surface area contributed by atoms with Gasteiger partial charge in [-0.25, -0.2) is 4.68 Å². The largest absolute Gasteiger partial charge is 0.493 e. The number of alkyl halides is 3. The fourth-order valence-corrected chi connectivity index (χ4v) is 3.52. The van der Waals surface area contributed by atoms with Gasteiger partial charge in [0.2, 0.25) is 5.91 Å². The summed E-state index contributed by atoms with van der Waals surface area (Å²) in [5.41, 5.74) is 8.46. The molecule has 3 rings (SSSR count). The van der Waals surface area contributed by atoms with Crippen LogP contribution in [0.4, 0.5) is 13.2 Å². The van der Waals surface area contributed by atoms with E-state index >= 15 is 0 Å². The van der Waals surface area contributed by atoms with E-state index in [1.165, 1.54) is 0 Å². The lowest BCUT2D eigenvalue weighted by Gasteiger charge is -2.12. The van der Waals surface area contributed by atoms with Crippen LogP contribution >= 0.6 is 23.2 Å². The van der Waals surface area contributed by atoms with E-state index in [0.29, 0.717) is 38.4 Å². The summed E-state index contributed by atoms with van der Waals surface area (Å²) < 4.78 is 43.7. The van der Waals surface area contributed by atoms with Gasteiger partial charge in [-0.05, 0) is 55.0 Å². The number of carbonyl (C=O) groups is 1. The molecule has 0 spiro atoms. The van der Waals surface area contributed by atoms with Gasteiger partial charge in [-0.3, -0.25) is 4.79 Å². The standard InChI is InChI=1S/C21H18Cl2F3N3O2/c1-12-17(11-19(27)30)28-29(18-7-4-14(22)10-16(18)23)20(12)13-2-5-15(6-3-13)31-9-8-21(24,25)26/h2-7,10H,8-9,11H2,1H3,(H2,27,30). The lowest BCUT2D eigenvalue weighted by molar-refractivity contribution is -0.139. The number of nitrogens with zero attached hydrogens (tertiary/aromatic N) is 2. The number of hydrogen-bond donors (Lipinski definition) is 1. The van der Waals surface area contributed by atoms with Crippen LogP contribution < -0.4 is 10.5 Å². The molecule has 1 amide bonds. The number of aromatic nitrogens is 2. The molecule has 2 N–H and O–H groups in total. The summed E-state index contributed by atoms with van der Waals surface area (Å²) in [6, 6.07) is 11.5. The van der Waals surface area contributed by atoms with Crippen LogP contribution in [0.1, 0.15) is 17.7 Å². The molecule has 0 radical (unpaired) electrons. The van der Waals surface area contributed by atoms with Crippen molar-refractivity contribution in [1.82, 2.24) is 9.78 Å². The normalized spacial score (nSPS) is 11.5. The Hall–Kier alpha value is -2.71. The average molecular weight is 472 g/mol. The molecule has 1 aromatic heterocycles. The molecule has 0 atom stereocenters. The number of ether oxygens (including phenoxy) is 1. The van der Waals surface area contributed by atoms with Gasteiger partial charge in [0.25, 0.3) is 0 Å². The van der Waals surface area contributed by atoms with Gasteiger partial charge in [-0.15, -0.1) is 0 Å². The Labute approximate surface area is 186 Å². The highest BCUT2D eigenvalue weighted by Gasteiger charge is 2.27. The molecular formula is C21H18Cl2F3N3O2. The highest BCUT2D eigenvalue weighted by Crippen LogP contribution is 2.33. The summed E-state index contributed by atoms with van der Waals surface area (Å²) in [6.07, 6.45) is -5.37. The van der Waals surface area contributed by atoms with Gasteiger partial charge < -0.3 is 10.5 Å². The highest BCUT2D eigenvalue weighted by atomic mass is 35.5. The number of benzene rings is 2. The maximum absolute atomic E-state index is 12.3. The summed E-state index contributed by atoms with van der Waals surface area (Å²) in [6.45, 7) is 1.33. The minimum Gasteiger partial charge on any atom is -0.493 e. The molecule has 0 aliphatic rings. The van der Waals surface area contributed by atoms with Crippen LogP contribution in [0.15, 0.2) is 42.5 Å². The van der Waals surface area contributed by atoms with Crippen LogP contribution in [-0.4, -0.2) is 28.5 Å². The first-order valence-corrected chi connectivity index (χ1v) is 9.93. The van der Waals surface area contributed by atoms with Crippen LogP contribution in [-0.2, 0) is 11.2 Å². The van der Waals surface area contributed by atoms with E-state index in [2.05, 4.69) is 5.10 Å². The molecule has 0 bridgehead atoms. The predicted octanol–water partition coefficient (Wildman–Crippen LogP) is 5.51. The number of rotatable bonds is 7. The number of hydrogen-bond acceptors (Lipinski definition) is 3. The molecule has 0 saturated heterocycles. The predicted molar refractivity (Wildman–Crippen MR) is 113 cm³/mol. The topological polar surface area (TPSA) is 70.1 Å². The second kappa shape index (κ2) is 9.20. The van der Waals surface area contributed by atoms with Gasteiger partial charge in [0, 0.05) is 10.6 Å². The minimum atomic E-state index is -4.28.